The van der Waals surface area contributed by atoms with Crippen LogP contribution in [-0.2, 0) is 4.74 Å². The lowest BCUT2D eigenvalue weighted by Crippen LogP contribution is -2.46. The predicted octanol–water partition coefficient (Wildman–Crippen LogP) is 1.78. The van der Waals surface area contributed by atoms with Gasteiger partial charge >= 0.3 is 18.5 Å². The van der Waals surface area contributed by atoms with Crippen LogP contribution in [0.3, 0.4) is 0 Å². The summed E-state index contributed by atoms with van der Waals surface area (Å²) in [4.78, 5) is 0. The van der Waals surface area contributed by atoms with Crippen LogP contribution in [0.5, 0.6) is 0 Å². The number of halogens is 7. The average molecular weight is 230 g/mol. The topological polar surface area (TPSA) is 29.5 Å². The van der Waals surface area contributed by atoms with E-state index < -0.39 is 31.4 Å². The van der Waals surface area contributed by atoms with Crippen LogP contribution >= 0.6 is 0 Å². The van der Waals surface area contributed by atoms with Gasteiger partial charge in [0.2, 0.25) is 6.29 Å². The molecule has 1 atom stereocenters. The quantitative estimate of drug-likeness (QED) is 0.576. The number of rotatable bonds is 5. The molecule has 9 heteroatoms. The Kier molecular flexibility index (Phi) is 4.13. The van der Waals surface area contributed by atoms with E-state index >= 15 is 0 Å². The lowest BCUT2D eigenvalue weighted by Gasteiger charge is -2.24. The highest BCUT2D eigenvalue weighted by Gasteiger charge is 2.52. The van der Waals surface area contributed by atoms with Crippen molar-refractivity contribution in [2.45, 2.75) is 24.7 Å². The van der Waals surface area contributed by atoms with Gasteiger partial charge in [0.25, 0.3) is 0 Å². The Balaban J connectivity index is 4.41. The van der Waals surface area contributed by atoms with Crippen molar-refractivity contribution in [2.75, 3.05) is 6.67 Å². The molecule has 0 aliphatic heterocycles. The van der Waals surface area contributed by atoms with E-state index in [1.165, 1.54) is 0 Å². The van der Waals surface area contributed by atoms with Crippen molar-refractivity contribution < 1.29 is 40.6 Å². The molecule has 86 valence electrons. The van der Waals surface area contributed by atoms with E-state index in [0.29, 0.717) is 0 Å². The van der Waals surface area contributed by atoms with E-state index in [9.17, 15) is 30.7 Å². The molecule has 0 aromatic carbocycles. The van der Waals surface area contributed by atoms with Crippen molar-refractivity contribution in [1.82, 2.24) is 0 Å². The van der Waals surface area contributed by atoms with Gasteiger partial charge in [0.15, 0.2) is 6.67 Å². The fraction of sp³-hybridized carbons (Fsp3) is 1.00. The van der Waals surface area contributed by atoms with Crippen molar-refractivity contribution in [2.24, 2.45) is 0 Å². The first-order chi connectivity index (χ1) is 6.13. The molecule has 0 spiro atoms. The predicted molar refractivity (Wildman–Crippen MR) is 29.0 cm³/mol. The molecule has 0 amide bonds. The molecule has 0 bridgehead atoms. The molecule has 0 fully saturated rings. The highest BCUT2D eigenvalue weighted by molar-refractivity contribution is 4.73. The second-order valence-corrected chi connectivity index (χ2v) is 2.22. The molecule has 14 heavy (non-hydrogen) atoms. The van der Waals surface area contributed by atoms with Crippen LogP contribution in [0, 0.1) is 0 Å². The highest BCUT2D eigenvalue weighted by atomic mass is 19.3. The third kappa shape index (κ3) is 3.29. The molecule has 1 N–H and O–H groups in total. The first-order valence-corrected chi connectivity index (χ1v) is 3.09. The molecule has 0 aliphatic carbocycles. The number of hydrogen-bond donors (Lipinski definition) is 1. The molecule has 0 aromatic heterocycles. The zero-order chi connectivity index (χ0) is 11.6. The zero-order valence-electron chi connectivity index (χ0n) is 6.36. The Morgan fingerprint density at radius 2 is 1.57 bits per heavy atom. The van der Waals surface area contributed by atoms with Crippen molar-refractivity contribution in [3.8, 4) is 0 Å². The Morgan fingerprint density at radius 1 is 1.14 bits per heavy atom. The summed E-state index contributed by atoms with van der Waals surface area (Å²) in [5.74, 6) is -5.18. The molecular weight excluding hydrogens is 225 g/mol. The summed E-state index contributed by atoms with van der Waals surface area (Å²) < 4.78 is 84.6. The van der Waals surface area contributed by atoms with Crippen molar-refractivity contribution >= 4 is 0 Å². The maximum absolute atomic E-state index is 12.0. The van der Waals surface area contributed by atoms with E-state index in [2.05, 4.69) is 4.74 Å². The summed E-state index contributed by atoms with van der Waals surface area (Å²) >= 11 is 0. The fourth-order valence-corrected chi connectivity index (χ4v) is 0.381. The van der Waals surface area contributed by atoms with Crippen LogP contribution in [-0.4, -0.2) is 36.5 Å². The lowest BCUT2D eigenvalue weighted by molar-refractivity contribution is -0.368. The molecular formula is C5H5F7O2. The maximum Gasteiger partial charge on any atom is 0.386 e. The molecule has 0 aromatic rings. The van der Waals surface area contributed by atoms with E-state index in [1.54, 1.807) is 0 Å². The molecule has 1 unspecified atom stereocenters. The van der Waals surface area contributed by atoms with E-state index in [1.807, 2.05) is 0 Å². The number of alkyl halides is 7. The Labute approximate surface area is 73.3 Å². The number of aliphatic hydroxyl groups is 1. The monoisotopic (exact) mass is 230 g/mol. The van der Waals surface area contributed by atoms with Crippen molar-refractivity contribution in [1.29, 1.82) is 0 Å². The first kappa shape index (κ1) is 13.4. The summed E-state index contributed by atoms with van der Waals surface area (Å²) in [6.45, 7) is -2.51. The zero-order valence-corrected chi connectivity index (χ0v) is 6.36. The Hall–Kier alpha value is -0.570. The van der Waals surface area contributed by atoms with Crippen molar-refractivity contribution in [3.63, 3.8) is 0 Å². The smallest absolute Gasteiger partial charge is 0.363 e. The maximum atomic E-state index is 12.0. The second kappa shape index (κ2) is 4.30. The van der Waals surface area contributed by atoms with Gasteiger partial charge in [-0.2, -0.15) is 17.6 Å². The minimum Gasteiger partial charge on any atom is -0.363 e. The Bertz CT molecular complexity index is 183. The average Bonchev–Trinajstić information content (AvgIpc) is 2.03. The number of ether oxygens (including phenoxy) is 1. The van der Waals surface area contributed by atoms with Gasteiger partial charge in [0.1, 0.15) is 0 Å². The Morgan fingerprint density at radius 3 is 1.86 bits per heavy atom. The largest absolute Gasteiger partial charge is 0.386 e. The molecule has 2 nitrogen and oxygen atoms in total. The summed E-state index contributed by atoms with van der Waals surface area (Å²) in [7, 11) is 0. The van der Waals surface area contributed by atoms with Crippen LogP contribution in [0.15, 0.2) is 0 Å². The van der Waals surface area contributed by atoms with E-state index in [4.69, 9.17) is 5.11 Å². The van der Waals surface area contributed by atoms with Crippen molar-refractivity contribution in [3.05, 3.63) is 0 Å². The van der Waals surface area contributed by atoms with Gasteiger partial charge in [-0.25, -0.2) is 13.2 Å². The minimum absolute atomic E-state index is 2.51. The normalized spacial score (nSPS) is 16.1. The number of hydrogen-bond acceptors (Lipinski definition) is 2. The molecule has 0 aliphatic rings. The van der Waals surface area contributed by atoms with Crippen LogP contribution in [0.4, 0.5) is 30.7 Å². The number of aliphatic hydroxyl groups excluding tert-OH is 1. The van der Waals surface area contributed by atoms with Crippen LogP contribution in [0.25, 0.3) is 0 Å². The molecule has 0 saturated heterocycles. The minimum atomic E-state index is -5.18. The summed E-state index contributed by atoms with van der Waals surface area (Å²) in [6, 6.07) is 0. The van der Waals surface area contributed by atoms with Gasteiger partial charge in [-0.3, -0.25) is 4.74 Å². The highest BCUT2D eigenvalue weighted by Crippen LogP contribution is 2.31. The van der Waals surface area contributed by atoms with Gasteiger partial charge in [0, 0.05) is 0 Å². The molecule has 0 saturated carbocycles. The molecule has 0 rings (SSSR count). The summed E-state index contributed by atoms with van der Waals surface area (Å²) in [5.41, 5.74) is 0. The fourth-order valence-electron chi connectivity index (χ4n) is 0.381. The SMILES string of the molecule is OC(OC(F)(F)CF)C(F)(F)C(F)F. The van der Waals surface area contributed by atoms with Crippen LogP contribution < -0.4 is 0 Å². The molecule has 0 heterocycles. The third-order valence-corrected chi connectivity index (χ3v) is 1.06. The van der Waals surface area contributed by atoms with Gasteiger partial charge in [-0.05, 0) is 0 Å². The first-order valence-electron chi connectivity index (χ1n) is 3.09. The van der Waals surface area contributed by atoms with Gasteiger partial charge in [-0.1, -0.05) is 0 Å². The lowest BCUT2D eigenvalue weighted by atomic mass is 10.3. The van der Waals surface area contributed by atoms with E-state index in [-0.39, 0.29) is 0 Å². The standard InChI is InChI=1S/C5H5F7O2/c6-1-4(9,10)14-3(13)5(11,12)2(7)8/h2-3,13H,1H2. The third-order valence-electron chi connectivity index (χ3n) is 1.06. The van der Waals surface area contributed by atoms with E-state index in [0.717, 1.165) is 0 Å². The second-order valence-electron chi connectivity index (χ2n) is 2.22. The van der Waals surface area contributed by atoms with Crippen LogP contribution in [0.2, 0.25) is 0 Å². The summed E-state index contributed by atoms with van der Waals surface area (Å²) in [5, 5.41) is 8.12. The van der Waals surface area contributed by atoms with Gasteiger partial charge in [-0.15, -0.1) is 0 Å². The summed E-state index contributed by atoms with van der Waals surface area (Å²) in [6.07, 6.45) is -12.9. The van der Waals surface area contributed by atoms with Gasteiger partial charge in [0.05, 0.1) is 0 Å². The van der Waals surface area contributed by atoms with Gasteiger partial charge < -0.3 is 5.11 Å². The molecule has 0 radical (unpaired) electrons. The van der Waals surface area contributed by atoms with Crippen LogP contribution in [0.1, 0.15) is 0 Å².